The van der Waals surface area contributed by atoms with Gasteiger partial charge in [0.1, 0.15) is 11.4 Å². The minimum Gasteiger partial charge on any atom is -0.495 e. The molecule has 1 aliphatic rings. The highest BCUT2D eigenvalue weighted by Gasteiger charge is 2.37. The lowest BCUT2D eigenvalue weighted by Crippen LogP contribution is -2.42. The van der Waals surface area contributed by atoms with Crippen LogP contribution >= 0.6 is 0 Å². The van der Waals surface area contributed by atoms with Crippen LogP contribution in [-0.4, -0.2) is 12.1 Å². The molecule has 1 fully saturated rings. The summed E-state index contributed by atoms with van der Waals surface area (Å²) in [5.41, 5.74) is 7.19. The van der Waals surface area contributed by atoms with Crippen LogP contribution in [0.4, 0.5) is 0 Å². The molecule has 3 nitrogen and oxygen atoms in total. The molecule has 0 unspecified atom stereocenters. The summed E-state index contributed by atoms with van der Waals surface area (Å²) in [5.74, 6) is 2.37. The summed E-state index contributed by atoms with van der Waals surface area (Å²) in [7, 11) is 1.68. The second-order valence-electron chi connectivity index (χ2n) is 5.79. The lowest BCUT2D eigenvalue weighted by Gasteiger charge is -2.38. The van der Waals surface area contributed by atoms with Gasteiger partial charge in [0.2, 0.25) is 0 Å². The van der Waals surface area contributed by atoms with E-state index in [1.807, 2.05) is 12.1 Å². The second-order valence-corrected chi connectivity index (χ2v) is 5.79. The van der Waals surface area contributed by atoms with Crippen LogP contribution in [0.3, 0.4) is 0 Å². The van der Waals surface area contributed by atoms with Crippen LogP contribution in [0.5, 0.6) is 5.75 Å². The van der Waals surface area contributed by atoms with Gasteiger partial charge in [0.25, 0.3) is 0 Å². The Morgan fingerprint density at radius 3 is 2.61 bits per heavy atom. The fraction of sp³-hybridized carbons (Fsp3) is 0.667. The van der Waals surface area contributed by atoms with Crippen molar-refractivity contribution in [1.29, 1.82) is 0 Å². The molecule has 2 N–H and O–H groups in total. The third-order valence-electron chi connectivity index (χ3n) is 4.33. The van der Waals surface area contributed by atoms with Crippen molar-refractivity contribution >= 4 is 0 Å². The molecule has 0 aliphatic heterocycles. The largest absolute Gasteiger partial charge is 0.495 e. The zero-order valence-electron chi connectivity index (χ0n) is 11.6. The Labute approximate surface area is 110 Å². The fourth-order valence-electron chi connectivity index (χ4n) is 2.99. The maximum absolute atomic E-state index is 6.58. The summed E-state index contributed by atoms with van der Waals surface area (Å²) >= 11 is 0. The van der Waals surface area contributed by atoms with Gasteiger partial charge in [-0.3, -0.25) is 4.98 Å². The highest BCUT2D eigenvalue weighted by atomic mass is 16.5. The van der Waals surface area contributed by atoms with Crippen molar-refractivity contribution in [2.75, 3.05) is 7.11 Å². The van der Waals surface area contributed by atoms with E-state index in [1.54, 1.807) is 13.3 Å². The van der Waals surface area contributed by atoms with E-state index >= 15 is 0 Å². The predicted octanol–water partition coefficient (Wildman–Crippen LogP) is 3.09. The molecule has 3 heteroatoms. The molecular formula is C15H24N2O. The molecule has 1 heterocycles. The topological polar surface area (TPSA) is 48.1 Å². The number of nitrogens with zero attached hydrogens (tertiary/aromatic N) is 1. The van der Waals surface area contributed by atoms with E-state index in [0.29, 0.717) is 0 Å². The number of ether oxygens (including phenoxy) is 1. The third kappa shape index (κ3) is 2.51. The van der Waals surface area contributed by atoms with Crippen molar-refractivity contribution in [3.05, 3.63) is 24.0 Å². The van der Waals surface area contributed by atoms with Crippen molar-refractivity contribution in [3.63, 3.8) is 0 Å². The standard InChI is InChI=1S/C15H24N2O/c1-11(2)12-6-8-15(16,9-7-12)14-13(18-3)5-4-10-17-14/h4-5,10-12H,6-9,16H2,1-3H3. The molecule has 1 aliphatic carbocycles. The number of aromatic nitrogens is 1. The van der Waals surface area contributed by atoms with Crippen molar-refractivity contribution in [2.24, 2.45) is 17.6 Å². The first-order valence-corrected chi connectivity index (χ1v) is 6.85. The van der Waals surface area contributed by atoms with Crippen LogP contribution in [0.1, 0.15) is 45.2 Å². The third-order valence-corrected chi connectivity index (χ3v) is 4.33. The normalized spacial score (nSPS) is 28.4. The Bertz CT molecular complexity index is 395. The Balaban J connectivity index is 2.18. The number of pyridine rings is 1. The first-order valence-electron chi connectivity index (χ1n) is 6.85. The zero-order chi connectivity index (χ0) is 13.2. The monoisotopic (exact) mass is 248 g/mol. The number of methoxy groups -OCH3 is 1. The summed E-state index contributed by atoms with van der Waals surface area (Å²) in [5, 5.41) is 0. The summed E-state index contributed by atoms with van der Waals surface area (Å²) in [6.45, 7) is 4.60. The quantitative estimate of drug-likeness (QED) is 0.894. The van der Waals surface area contributed by atoms with Gasteiger partial charge in [-0.15, -0.1) is 0 Å². The first-order chi connectivity index (χ1) is 8.57. The van der Waals surface area contributed by atoms with Gasteiger partial charge >= 0.3 is 0 Å². The van der Waals surface area contributed by atoms with Crippen molar-refractivity contribution in [2.45, 2.75) is 45.1 Å². The molecule has 0 amide bonds. The molecule has 0 aromatic carbocycles. The lowest BCUT2D eigenvalue weighted by atomic mass is 9.71. The molecule has 0 saturated heterocycles. The smallest absolute Gasteiger partial charge is 0.142 e. The molecule has 0 radical (unpaired) electrons. The van der Waals surface area contributed by atoms with Crippen molar-refractivity contribution in [3.8, 4) is 5.75 Å². The average Bonchev–Trinajstić information content (AvgIpc) is 2.39. The maximum atomic E-state index is 6.58. The molecule has 2 rings (SSSR count). The van der Waals surface area contributed by atoms with E-state index in [9.17, 15) is 0 Å². The summed E-state index contributed by atoms with van der Waals surface area (Å²) < 4.78 is 5.40. The van der Waals surface area contributed by atoms with Gasteiger partial charge in [-0.25, -0.2) is 0 Å². The lowest BCUT2D eigenvalue weighted by molar-refractivity contribution is 0.189. The Morgan fingerprint density at radius 2 is 2.06 bits per heavy atom. The fourth-order valence-corrected chi connectivity index (χ4v) is 2.99. The molecule has 100 valence electrons. The summed E-state index contributed by atoms with van der Waals surface area (Å²) in [6.07, 6.45) is 6.19. The molecule has 1 aromatic rings. The van der Waals surface area contributed by atoms with Crippen LogP contribution in [-0.2, 0) is 5.54 Å². The maximum Gasteiger partial charge on any atom is 0.142 e. The van der Waals surface area contributed by atoms with Gasteiger partial charge in [-0.2, -0.15) is 0 Å². The number of hydrogen-bond donors (Lipinski definition) is 1. The second kappa shape index (κ2) is 5.27. The SMILES string of the molecule is COc1cccnc1C1(N)CCC(C(C)C)CC1. The molecule has 0 bridgehead atoms. The molecule has 0 spiro atoms. The first kappa shape index (κ1) is 13.3. The van der Waals surface area contributed by atoms with E-state index in [-0.39, 0.29) is 5.54 Å². The summed E-state index contributed by atoms with van der Waals surface area (Å²) in [4.78, 5) is 4.46. The van der Waals surface area contributed by atoms with Gasteiger partial charge in [-0.1, -0.05) is 13.8 Å². The summed E-state index contributed by atoms with van der Waals surface area (Å²) in [6, 6.07) is 3.84. The van der Waals surface area contributed by atoms with Gasteiger partial charge in [-0.05, 0) is 49.7 Å². The highest BCUT2D eigenvalue weighted by molar-refractivity contribution is 5.33. The average molecular weight is 248 g/mol. The number of rotatable bonds is 3. The van der Waals surface area contributed by atoms with Gasteiger partial charge < -0.3 is 10.5 Å². The van der Waals surface area contributed by atoms with Gasteiger partial charge in [0.15, 0.2) is 0 Å². The minimum absolute atomic E-state index is 0.308. The minimum atomic E-state index is -0.308. The van der Waals surface area contributed by atoms with Crippen LogP contribution < -0.4 is 10.5 Å². The van der Waals surface area contributed by atoms with Gasteiger partial charge in [0, 0.05) is 6.20 Å². The van der Waals surface area contributed by atoms with Crippen molar-refractivity contribution in [1.82, 2.24) is 4.98 Å². The molecular weight excluding hydrogens is 224 g/mol. The van der Waals surface area contributed by atoms with E-state index in [0.717, 1.165) is 36.1 Å². The Morgan fingerprint density at radius 1 is 1.39 bits per heavy atom. The molecule has 18 heavy (non-hydrogen) atoms. The number of hydrogen-bond acceptors (Lipinski definition) is 3. The van der Waals surface area contributed by atoms with E-state index < -0.39 is 0 Å². The van der Waals surface area contributed by atoms with E-state index in [2.05, 4.69) is 18.8 Å². The molecule has 1 saturated carbocycles. The zero-order valence-corrected chi connectivity index (χ0v) is 11.6. The molecule has 0 atom stereocenters. The van der Waals surface area contributed by atoms with Crippen LogP contribution in [0.25, 0.3) is 0 Å². The molecule has 1 aromatic heterocycles. The van der Waals surface area contributed by atoms with E-state index in [4.69, 9.17) is 10.5 Å². The Kier molecular flexibility index (Phi) is 3.91. The van der Waals surface area contributed by atoms with E-state index in [1.165, 1.54) is 12.8 Å². The number of nitrogens with two attached hydrogens (primary N) is 1. The van der Waals surface area contributed by atoms with Crippen molar-refractivity contribution < 1.29 is 4.74 Å². The van der Waals surface area contributed by atoms with Crippen LogP contribution in [0, 0.1) is 11.8 Å². The highest BCUT2D eigenvalue weighted by Crippen LogP contribution is 2.41. The van der Waals surface area contributed by atoms with Crippen LogP contribution in [0.2, 0.25) is 0 Å². The van der Waals surface area contributed by atoms with Gasteiger partial charge in [0.05, 0.1) is 12.6 Å². The predicted molar refractivity (Wildman–Crippen MR) is 73.5 cm³/mol. The Hall–Kier alpha value is -1.09. The van der Waals surface area contributed by atoms with Crippen LogP contribution in [0.15, 0.2) is 18.3 Å².